The molecule has 2 nitrogen and oxygen atoms in total. The first-order valence-electron chi connectivity index (χ1n) is 4.96. The van der Waals surface area contributed by atoms with Crippen LogP contribution in [0.4, 0.5) is 5.69 Å². The summed E-state index contributed by atoms with van der Waals surface area (Å²) in [4.78, 5) is 2.25. The molecule has 2 rings (SSSR count). The number of terminal acetylenes is 1. The summed E-state index contributed by atoms with van der Waals surface area (Å²) in [5, 5.41) is 0. The Morgan fingerprint density at radius 2 is 1.80 bits per heavy atom. The highest BCUT2D eigenvalue weighted by molar-refractivity contribution is 7.91. The molecule has 0 saturated carbocycles. The van der Waals surface area contributed by atoms with Crippen LogP contribution in [0, 0.1) is 12.3 Å². The second kappa shape index (κ2) is 4.61. The Morgan fingerprint density at radius 3 is 2.33 bits per heavy atom. The molecule has 1 aliphatic heterocycles. The van der Waals surface area contributed by atoms with Crippen LogP contribution in [-0.4, -0.2) is 29.1 Å². The number of hydrogen-bond acceptors (Lipinski definition) is 2. The molecule has 0 spiro atoms. The first-order valence-corrected chi connectivity index (χ1v) is 6.45. The van der Waals surface area contributed by atoms with Gasteiger partial charge in [0.15, 0.2) is 0 Å². The monoisotopic (exact) mass is 219 g/mol. The first-order chi connectivity index (χ1) is 7.29. The topological polar surface area (TPSA) is 26.3 Å². The maximum absolute atomic E-state index is 11.2. The van der Waals surface area contributed by atoms with Gasteiger partial charge in [-0.15, -0.1) is 6.42 Å². The second-order valence-electron chi connectivity index (χ2n) is 3.53. The predicted octanol–water partition coefficient (Wildman–Crippen LogP) is 1.24. The molecule has 0 N–H and O–H groups in total. The van der Waals surface area contributed by atoms with Gasteiger partial charge in [-0.2, -0.15) is 0 Å². The molecule has 0 unspecified atom stereocenters. The van der Waals surface area contributed by atoms with E-state index in [1.165, 1.54) is 5.69 Å². The molecule has 1 heterocycles. The fourth-order valence-electron chi connectivity index (χ4n) is 1.66. The molecule has 0 aliphatic carbocycles. The first kappa shape index (κ1) is 10.4. The van der Waals surface area contributed by atoms with Gasteiger partial charge >= 0.3 is 0 Å². The van der Waals surface area contributed by atoms with Crippen molar-refractivity contribution in [2.45, 2.75) is 0 Å². The number of anilines is 1. The molecule has 1 aliphatic rings. The van der Waals surface area contributed by atoms with Crippen molar-refractivity contribution in [1.82, 2.24) is 0 Å². The minimum Gasteiger partial charge on any atom is -0.616 e. The standard InChI is InChI=1S/C12H13NOS/c1-2-11-3-5-12(6-4-11)13-7-9-15(14)10-8-13/h1,3-6H,7-10H2. The molecule has 0 aromatic heterocycles. The SMILES string of the molecule is C#Cc1ccc(N2CC[S+]([O-])CC2)cc1. The van der Waals surface area contributed by atoms with E-state index < -0.39 is 11.2 Å². The molecule has 1 saturated heterocycles. The van der Waals surface area contributed by atoms with Crippen molar-refractivity contribution in [1.29, 1.82) is 0 Å². The van der Waals surface area contributed by atoms with Crippen molar-refractivity contribution in [3.05, 3.63) is 29.8 Å². The Hall–Kier alpha value is -1.11. The smallest absolute Gasteiger partial charge is 0.123 e. The molecule has 0 amide bonds. The van der Waals surface area contributed by atoms with Gasteiger partial charge in [0.25, 0.3) is 0 Å². The van der Waals surface area contributed by atoms with Gasteiger partial charge in [0.1, 0.15) is 11.5 Å². The van der Waals surface area contributed by atoms with Gasteiger partial charge < -0.3 is 9.45 Å². The highest BCUT2D eigenvalue weighted by atomic mass is 32.2. The third kappa shape index (κ3) is 2.47. The largest absolute Gasteiger partial charge is 0.616 e. The summed E-state index contributed by atoms with van der Waals surface area (Å²) in [6, 6.07) is 7.95. The van der Waals surface area contributed by atoms with Gasteiger partial charge in [0, 0.05) is 11.3 Å². The molecule has 0 radical (unpaired) electrons. The van der Waals surface area contributed by atoms with Crippen LogP contribution < -0.4 is 4.90 Å². The van der Waals surface area contributed by atoms with Crippen LogP contribution in [-0.2, 0) is 11.2 Å². The van der Waals surface area contributed by atoms with Crippen LogP contribution in [0.5, 0.6) is 0 Å². The zero-order valence-corrected chi connectivity index (χ0v) is 9.30. The Labute approximate surface area is 93.5 Å². The van der Waals surface area contributed by atoms with E-state index in [1.54, 1.807) is 0 Å². The average Bonchev–Trinajstić information content (AvgIpc) is 2.30. The lowest BCUT2D eigenvalue weighted by Gasteiger charge is -2.29. The molecular weight excluding hydrogens is 206 g/mol. The third-order valence-electron chi connectivity index (χ3n) is 2.58. The van der Waals surface area contributed by atoms with Gasteiger partial charge in [-0.3, -0.25) is 0 Å². The van der Waals surface area contributed by atoms with Crippen molar-refractivity contribution in [3.63, 3.8) is 0 Å². The lowest BCUT2D eigenvalue weighted by atomic mass is 10.2. The quantitative estimate of drug-likeness (QED) is 0.524. The summed E-state index contributed by atoms with van der Waals surface area (Å²) in [6.07, 6.45) is 5.29. The fourth-order valence-corrected chi connectivity index (χ4v) is 2.72. The Morgan fingerprint density at radius 1 is 1.20 bits per heavy atom. The third-order valence-corrected chi connectivity index (χ3v) is 3.85. The van der Waals surface area contributed by atoms with E-state index >= 15 is 0 Å². The summed E-state index contributed by atoms with van der Waals surface area (Å²) in [5.74, 6) is 4.15. The summed E-state index contributed by atoms with van der Waals surface area (Å²) < 4.78 is 11.2. The molecule has 1 aromatic carbocycles. The Balaban J connectivity index is 2.07. The number of benzene rings is 1. The van der Waals surface area contributed by atoms with Gasteiger partial charge in [0.2, 0.25) is 0 Å². The van der Waals surface area contributed by atoms with E-state index in [-0.39, 0.29) is 0 Å². The van der Waals surface area contributed by atoms with Gasteiger partial charge in [0.05, 0.1) is 13.1 Å². The van der Waals surface area contributed by atoms with Crippen molar-refractivity contribution < 1.29 is 4.55 Å². The highest BCUT2D eigenvalue weighted by Gasteiger charge is 2.19. The lowest BCUT2D eigenvalue weighted by molar-refractivity contribution is 0.586. The van der Waals surface area contributed by atoms with Crippen molar-refractivity contribution >= 4 is 16.9 Å². The van der Waals surface area contributed by atoms with E-state index in [0.717, 1.165) is 30.2 Å². The summed E-state index contributed by atoms with van der Waals surface area (Å²) in [5.41, 5.74) is 2.07. The molecule has 1 fully saturated rings. The van der Waals surface area contributed by atoms with Gasteiger partial charge in [-0.05, 0) is 24.3 Å². The van der Waals surface area contributed by atoms with Crippen LogP contribution >= 0.6 is 0 Å². The molecule has 78 valence electrons. The second-order valence-corrected chi connectivity index (χ2v) is 5.22. The van der Waals surface area contributed by atoms with Crippen LogP contribution in [0.25, 0.3) is 0 Å². The highest BCUT2D eigenvalue weighted by Crippen LogP contribution is 2.17. The van der Waals surface area contributed by atoms with Crippen LogP contribution in [0.3, 0.4) is 0 Å². The van der Waals surface area contributed by atoms with E-state index in [1.807, 2.05) is 24.3 Å². The van der Waals surface area contributed by atoms with E-state index in [2.05, 4.69) is 10.8 Å². The van der Waals surface area contributed by atoms with E-state index in [0.29, 0.717) is 0 Å². The normalized spacial score (nSPS) is 17.5. The zero-order chi connectivity index (χ0) is 10.7. The predicted molar refractivity (Wildman–Crippen MR) is 64.5 cm³/mol. The van der Waals surface area contributed by atoms with Crippen LogP contribution in [0.2, 0.25) is 0 Å². The summed E-state index contributed by atoms with van der Waals surface area (Å²) in [7, 11) is 0. The summed E-state index contributed by atoms with van der Waals surface area (Å²) >= 11 is -0.615. The van der Waals surface area contributed by atoms with Crippen LogP contribution in [0.15, 0.2) is 24.3 Å². The van der Waals surface area contributed by atoms with Crippen molar-refractivity contribution in [3.8, 4) is 12.3 Å². The minimum absolute atomic E-state index is 0.615. The molecule has 3 heteroatoms. The Bertz CT molecular complexity index is 360. The van der Waals surface area contributed by atoms with Crippen LogP contribution in [0.1, 0.15) is 5.56 Å². The molecule has 0 atom stereocenters. The lowest BCUT2D eigenvalue weighted by Crippen LogP contribution is -2.40. The summed E-state index contributed by atoms with van der Waals surface area (Å²) in [6.45, 7) is 1.75. The fraction of sp³-hybridized carbons (Fsp3) is 0.333. The maximum Gasteiger partial charge on any atom is 0.123 e. The van der Waals surface area contributed by atoms with Gasteiger partial charge in [-0.25, -0.2) is 0 Å². The Kier molecular flexibility index (Phi) is 3.20. The number of nitrogens with zero attached hydrogens (tertiary/aromatic N) is 1. The number of rotatable bonds is 1. The maximum atomic E-state index is 11.2. The zero-order valence-electron chi connectivity index (χ0n) is 8.48. The average molecular weight is 219 g/mol. The van der Waals surface area contributed by atoms with E-state index in [9.17, 15) is 4.55 Å². The molecule has 0 bridgehead atoms. The molecule has 15 heavy (non-hydrogen) atoms. The van der Waals surface area contributed by atoms with Crippen molar-refractivity contribution in [2.24, 2.45) is 0 Å². The molecule has 1 aromatic rings. The minimum atomic E-state index is -0.615. The molecular formula is C12H13NOS. The van der Waals surface area contributed by atoms with E-state index in [4.69, 9.17) is 6.42 Å². The van der Waals surface area contributed by atoms with Crippen molar-refractivity contribution in [2.75, 3.05) is 29.5 Å². The van der Waals surface area contributed by atoms with Gasteiger partial charge in [-0.1, -0.05) is 17.1 Å². The number of hydrogen-bond donors (Lipinski definition) is 0.